The molecule has 0 spiro atoms. The Morgan fingerprint density at radius 3 is 2.35 bits per heavy atom. The molecule has 0 aliphatic rings. The standard InChI is InChI=1S/C24H29F3N2O5/c1-6-29(7-2)16-11-12-17-15(13-20(30)33-19(17)14-16)9-8-10-18(21(31)34-23(3,4)5)28-22(32)24(25,26)27/h8-9,11-14,18H,6-7,10H2,1-5H3,(H,28,32)/b9-8+. The molecule has 2 rings (SSSR count). The third-order valence-electron chi connectivity index (χ3n) is 4.81. The van der Waals surface area contributed by atoms with E-state index < -0.39 is 35.3 Å². The van der Waals surface area contributed by atoms with Gasteiger partial charge in [-0.25, -0.2) is 9.59 Å². The van der Waals surface area contributed by atoms with Crippen molar-refractivity contribution in [3.63, 3.8) is 0 Å². The predicted molar refractivity (Wildman–Crippen MR) is 124 cm³/mol. The summed E-state index contributed by atoms with van der Waals surface area (Å²) in [6.07, 6.45) is -2.54. The molecule has 0 saturated heterocycles. The SMILES string of the molecule is CCN(CC)c1ccc2c(/C=C/CC(NC(=O)C(F)(F)F)C(=O)OC(C)(C)C)cc(=O)oc2c1. The molecular weight excluding hydrogens is 453 g/mol. The van der Waals surface area contributed by atoms with E-state index in [-0.39, 0.29) is 6.42 Å². The van der Waals surface area contributed by atoms with Crippen molar-refractivity contribution < 1.29 is 31.9 Å². The van der Waals surface area contributed by atoms with Gasteiger partial charge in [-0.2, -0.15) is 13.2 Å². The Morgan fingerprint density at radius 1 is 1.15 bits per heavy atom. The monoisotopic (exact) mass is 482 g/mol. The number of benzene rings is 1. The van der Waals surface area contributed by atoms with E-state index in [1.165, 1.54) is 18.2 Å². The van der Waals surface area contributed by atoms with Crippen molar-refractivity contribution in [1.29, 1.82) is 0 Å². The molecule has 7 nitrogen and oxygen atoms in total. The first-order valence-electron chi connectivity index (χ1n) is 10.8. The zero-order valence-corrected chi connectivity index (χ0v) is 19.8. The topological polar surface area (TPSA) is 88.9 Å². The minimum atomic E-state index is -5.15. The van der Waals surface area contributed by atoms with Crippen molar-refractivity contribution in [2.75, 3.05) is 18.0 Å². The Morgan fingerprint density at radius 2 is 1.79 bits per heavy atom. The van der Waals surface area contributed by atoms with E-state index in [4.69, 9.17) is 9.15 Å². The fraction of sp³-hybridized carbons (Fsp3) is 0.458. The molecule has 2 aromatic rings. The van der Waals surface area contributed by atoms with Crippen molar-refractivity contribution in [3.05, 3.63) is 46.3 Å². The van der Waals surface area contributed by atoms with Crippen LogP contribution in [0.15, 0.2) is 39.6 Å². The Kier molecular flexibility index (Phi) is 8.52. The van der Waals surface area contributed by atoms with Gasteiger partial charge in [0.25, 0.3) is 0 Å². The van der Waals surface area contributed by atoms with Crippen LogP contribution in [0.25, 0.3) is 17.0 Å². The second-order valence-corrected chi connectivity index (χ2v) is 8.57. The highest BCUT2D eigenvalue weighted by molar-refractivity contribution is 5.89. The van der Waals surface area contributed by atoms with Crippen LogP contribution in [0, 0.1) is 0 Å². The quantitative estimate of drug-likeness (QED) is 0.442. The second kappa shape index (κ2) is 10.8. The van der Waals surface area contributed by atoms with Crippen LogP contribution in [-0.2, 0) is 14.3 Å². The summed E-state index contributed by atoms with van der Waals surface area (Å²) >= 11 is 0. The third-order valence-corrected chi connectivity index (χ3v) is 4.81. The summed E-state index contributed by atoms with van der Waals surface area (Å²) in [5.41, 5.74) is 0.131. The van der Waals surface area contributed by atoms with Crippen LogP contribution in [0.5, 0.6) is 0 Å². The number of halogens is 3. The number of amides is 1. The molecule has 0 saturated carbocycles. The molecule has 1 atom stereocenters. The van der Waals surface area contributed by atoms with Gasteiger partial charge >= 0.3 is 23.7 Å². The van der Waals surface area contributed by atoms with Crippen LogP contribution in [0.2, 0.25) is 0 Å². The maximum absolute atomic E-state index is 12.7. The van der Waals surface area contributed by atoms with E-state index in [0.717, 1.165) is 18.8 Å². The van der Waals surface area contributed by atoms with Gasteiger partial charge in [0, 0.05) is 36.3 Å². The minimum absolute atomic E-state index is 0.282. The van der Waals surface area contributed by atoms with Gasteiger partial charge in [0.2, 0.25) is 0 Å². The molecule has 1 amide bonds. The highest BCUT2D eigenvalue weighted by atomic mass is 19.4. The molecule has 0 radical (unpaired) electrons. The summed E-state index contributed by atoms with van der Waals surface area (Å²) in [5.74, 6) is -3.25. The summed E-state index contributed by atoms with van der Waals surface area (Å²) in [6, 6.07) is 5.08. The van der Waals surface area contributed by atoms with Gasteiger partial charge in [0.1, 0.15) is 17.2 Å². The average Bonchev–Trinajstić information content (AvgIpc) is 2.71. The molecule has 186 valence electrons. The van der Waals surface area contributed by atoms with E-state index in [0.29, 0.717) is 16.5 Å². The second-order valence-electron chi connectivity index (χ2n) is 8.57. The predicted octanol–water partition coefficient (Wildman–Crippen LogP) is 4.43. The van der Waals surface area contributed by atoms with Gasteiger partial charge in [0.05, 0.1) is 0 Å². The Labute approximate surface area is 195 Å². The first-order valence-corrected chi connectivity index (χ1v) is 10.8. The Bertz CT molecular complexity index is 1110. The van der Waals surface area contributed by atoms with Crippen LogP contribution in [0.1, 0.15) is 46.6 Å². The van der Waals surface area contributed by atoms with Gasteiger partial charge in [-0.05, 0) is 58.7 Å². The van der Waals surface area contributed by atoms with Crippen molar-refractivity contribution in [1.82, 2.24) is 5.32 Å². The summed E-state index contributed by atoms with van der Waals surface area (Å²) in [7, 11) is 0. The number of anilines is 1. The summed E-state index contributed by atoms with van der Waals surface area (Å²) in [5, 5.41) is 2.28. The fourth-order valence-corrected chi connectivity index (χ4v) is 3.26. The van der Waals surface area contributed by atoms with Gasteiger partial charge in [-0.15, -0.1) is 0 Å². The lowest BCUT2D eigenvalue weighted by molar-refractivity contribution is -0.177. The van der Waals surface area contributed by atoms with Gasteiger partial charge in [-0.1, -0.05) is 12.2 Å². The van der Waals surface area contributed by atoms with Gasteiger partial charge in [-0.3, -0.25) is 4.79 Å². The minimum Gasteiger partial charge on any atom is -0.458 e. The highest BCUT2D eigenvalue weighted by Gasteiger charge is 2.41. The summed E-state index contributed by atoms with van der Waals surface area (Å²) < 4.78 is 48.6. The molecule has 0 bridgehead atoms. The number of nitrogens with one attached hydrogen (secondary N) is 1. The Balaban J connectivity index is 2.34. The number of rotatable bonds is 8. The van der Waals surface area contributed by atoms with Crippen molar-refractivity contribution in [2.24, 2.45) is 0 Å². The molecule has 1 aromatic carbocycles. The zero-order chi connectivity index (χ0) is 25.7. The number of alkyl halides is 3. The maximum Gasteiger partial charge on any atom is 0.471 e. The number of fused-ring (bicyclic) bond motifs is 1. The molecule has 1 unspecified atom stereocenters. The molecule has 1 N–H and O–H groups in total. The number of hydrogen-bond donors (Lipinski definition) is 1. The van der Waals surface area contributed by atoms with Crippen molar-refractivity contribution >= 4 is 34.6 Å². The van der Waals surface area contributed by atoms with E-state index in [1.54, 1.807) is 38.2 Å². The average molecular weight is 482 g/mol. The molecule has 10 heteroatoms. The van der Waals surface area contributed by atoms with Crippen LogP contribution in [-0.4, -0.2) is 42.8 Å². The molecule has 0 fully saturated rings. The lowest BCUT2D eigenvalue weighted by atomic mass is 10.1. The smallest absolute Gasteiger partial charge is 0.458 e. The number of carbonyl (C=O) groups excluding carboxylic acids is 2. The van der Waals surface area contributed by atoms with E-state index >= 15 is 0 Å². The van der Waals surface area contributed by atoms with E-state index in [1.807, 2.05) is 19.9 Å². The molecular formula is C24H29F3N2O5. The normalized spacial score (nSPS) is 13.2. The number of esters is 1. The lowest BCUT2D eigenvalue weighted by Crippen LogP contribution is -2.48. The highest BCUT2D eigenvalue weighted by Crippen LogP contribution is 2.25. The number of ether oxygens (including phenoxy) is 1. The Hall–Kier alpha value is -3.30. The molecule has 1 heterocycles. The number of hydrogen-bond acceptors (Lipinski definition) is 6. The summed E-state index contributed by atoms with van der Waals surface area (Å²) in [6.45, 7) is 10.2. The van der Waals surface area contributed by atoms with E-state index in [2.05, 4.69) is 4.90 Å². The van der Waals surface area contributed by atoms with E-state index in [9.17, 15) is 27.6 Å². The fourth-order valence-electron chi connectivity index (χ4n) is 3.26. The maximum atomic E-state index is 12.7. The van der Waals surface area contributed by atoms with Crippen molar-refractivity contribution in [2.45, 2.75) is 58.9 Å². The first-order chi connectivity index (χ1) is 15.7. The summed E-state index contributed by atoms with van der Waals surface area (Å²) in [4.78, 5) is 37.9. The lowest BCUT2D eigenvalue weighted by Gasteiger charge is -2.24. The number of nitrogens with zero attached hydrogens (tertiary/aromatic N) is 1. The van der Waals surface area contributed by atoms with Gasteiger partial charge in [0.15, 0.2) is 0 Å². The van der Waals surface area contributed by atoms with Crippen LogP contribution < -0.4 is 15.8 Å². The molecule has 34 heavy (non-hydrogen) atoms. The van der Waals surface area contributed by atoms with Crippen LogP contribution in [0.4, 0.5) is 18.9 Å². The van der Waals surface area contributed by atoms with Crippen molar-refractivity contribution in [3.8, 4) is 0 Å². The molecule has 0 aliphatic carbocycles. The first kappa shape index (κ1) is 26.9. The number of carbonyl (C=O) groups is 2. The van der Waals surface area contributed by atoms with Gasteiger partial charge < -0.3 is 19.4 Å². The largest absolute Gasteiger partial charge is 0.471 e. The van der Waals surface area contributed by atoms with Crippen LogP contribution in [0.3, 0.4) is 0 Å². The van der Waals surface area contributed by atoms with Crippen LogP contribution >= 0.6 is 0 Å². The molecule has 1 aromatic heterocycles. The third kappa shape index (κ3) is 7.36. The zero-order valence-electron chi connectivity index (χ0n) is 19.8. The molecule has 0 aliphatic heterocycles.